The van der Waals surface area contributed by atoms with E-state index in [9.17, 15) is 4.39 Å². The lowest BCUT2D eigenvalue weighted by Crippen LogP contribution is -2.08. The average Bonchev–Trinajstić information content (AvgIpc) is 2.61. The summed E-state index contributed by atoms with van der Waals surface area (Å²) in [7, 11) is 0. The molecule has 17 heavy (non-hydrogen) atoms. The third-order valence-corrected chi connectivity index (χ3v) is 2.84. The predicted octanol–water partition coefficient (Wildman–Crippen LogP) is 3.34. The fourth-order valence-corrected chi connectivity index (χ4v) is 1.84. The van der Waals surface area contributed by atoms with E-state index in [1.807, 2.05) is 26.8 Å². The quantitative estimate of drug-likeness (QED) is 0.853. The molecule has 0 fully saturated rings. The summed E-state index contributed by atoms with van der Waals surface area (Å²) in [6.45, 7) is 5.89. The summed E-state index contributed by atoms with van der Waals surface area (Å²) < 4.78 is 13.1. The summed E-state index contributed by atoms with van der Waals surface area (Å²) in [4.78, 5) is 0. The molecule has 0 bridgehead atoms. The number of aryl methyl sites for hydroxylation is 2. The third-order valence-electron chi connectivity index (χ3n) is 2.84. The molecular weight excluding hydrogens is 217 g/mol. The van der Waals surface area contributed by atoms with Gasteiger partial charge < -0.3 is 5.32 Å². The first-order valence-corrected chi connectivity index (χ1v) is 5.61. The van der Waals surface area contributed by atoms with Crippen LogP contribution in [-0.2, 0) is 0 Å². The highest BCUT2D eigenvalue weighted by Gasteiger charge is 2.11. The van der Waals surface area contributed by atoms with Crippen LogP contribution in [0.25, 0.3) is 0 Å². The maximum atomic E-state index is 13.1. The van der Waals surface area contributed by atoms with Crippen molar-refractivity contribution < 1.29 is 4.39 Å². The summed E-state index contributed by atoms with van der Waals surface area (Å²) >= 11 is 0. The number of benzene rings is 1. The number of hydrogen-bond donors (Lipinski definition) is 2. The molecule has 0 aliphatic heterocycles. The number of anilines is 1. The van der Waals surface area contributed by atoms with Crippen molar-refractivity contribution in [2.24, 2.45) is 0 Å². The predicted molar refractivity (Wildman–Crippen MR) is 66.5 cm³/mol. The molecule has 2 aromatic rings. The summed E-state index contributed by atoms with van der Waals surface area (Å²) in [5.74, 6) is -0.211. The zero-order valence-corrected chi connectivity index (χ0v) is 10.2. The molecule has 0 aliphatic rings. The Morgan fingerprint density at radius 3 is 2.71 bits per heavy atom. The molecule has 0 amide bonds. The van der Waals surface area contributed by atoms with Crippen LogP contribution >= 0.6 is 0 Å². The third kappa shape index (κ3) is 2.46. The average molecular weight is 233 g/mol. The second kappa shape index (κ2) is 4.57. The van der Waals surface area contributed by atoms with E-state index in [0.29, 0.717) is 0 Å². The summed E-state index contributed by atoms with van der Waals surface area (Å²) in [6.07, 6.45) is 0. The van der Waals surface area contributed by atoms with E-state index in [1.54, 1.807) is 12.1 Å². The van der Waals surface area contributed by atoms with Gasteiger partial charge in [0.2, 0.25) is 0 Å². The van der Waals surface area contributed by atoms with Crippen LogP contribution in [-0.4, -0.2) is 10.2 Å². The first-order valence-electron chi connectivity index (χ1n) is 5.61. The number of nitrogens with one attached hydrogen (secondary N) is 2. The van der Waals surface area contributed by atoms with Crippen molar-refractivity contribution in [1.29, 1.82) is 0 Å². The highest BCUT2D eigenvalue weighted by Crippen LogP contribution is 2.23. The van der Waals surface area contributed by atoms with Crippen molar-refractivity contribution in [1.82, 2.24) is 10.2 Å². The van der Waals surface area contributed by atoms with E-state index < -0.39 is 0 Å². The van der Waals surface area contributed by atoms with Crippen LogP contribution in [0.2, 0.25) is 0 Å². The van der Waals surface area contributed by atoms with E-state index in [4.69, 9.17) is 0 Å². The molecule has 0 saturated heterocycles. The second-order valence-corrected chi connectivity index (χ2v) is 4.23. The van der Waals surface area contributed by atoms with Gasteiger partial charge in [-0.2, -0.15) is 5.10 Å². The van der Waals surface area contributed by atoms with Crippen molar-refractivity contribution in [3.05, 3.63) is 47.0 Å². The monoisotopic (exact) mass is 233 g/mol. The molecular formula is C13H16FN3. The molecule has 1 unspecified atom stereocenters. The van der Waals surface area contributed by atoms with Gasteiger partial charge in [-0.25, -0.2) is 4.39 Å². The van der Waals surface area contributed by atoms with Gasteiger partial charge in [-0.1, -0.05) is 12.1 Å². The molecule has 0 saturated carbocycles. The number of rotatable bonds is 3. The van der Waals surface area contributed by atoms with Crippen molar-refractivity contribution in [3.63, 3.8) is 0 Å². The minimum atomic E-state index is -0.211. The van der Waals surface area contributed by atoms with E-state index >= 15 is 0 Å². The number of hydrogen-bond acceptors (Lipinski definition) is 2. The van der Waals surface area contributed by atoms with Crippen molar-refractivity contribution in [3.8, 4) is 0 Å². The van der Waals surface area contributed by atoms with Crippen LogP contribution < -0.4 is 5.32 Å². The van der Waals surface area contributed by atoms with Gasteiger partial charge in [-0.3, -0.25) is 5.10 Å². The van der Waals surface area contributed by atoms with Crippen LogP contribution in [0.4, 0.5) is 10.1 Å². The molecule has 1 aromatic heterocycles. The second-order valence-electron chi connectivity index (χ2n) is 4.23. The molecule has 1 aromatic carbocycles. The van der Waals surface area contributed by atoms with Crippen LogP contribution in [0.5, 0.6) is 0 Å². The van der Waals surface area contributed by atoms with Crippen LogP contribution in [0.1, 0.15) is 29.9 Å². The van der Waals surface area contributed by atoms with Crippen LogP contribution in [0.15, 0.2) is 24.3 Å². The fraction of sp³-hybridized carbons (Fsp3) is 0.308. The van der Waals surface area contributed by atoms with Crippen molar-refractivity contribution >= 4 is 5.69 Å². The Hall–Kier alpha value is -1.84. The van der Waals surface area contributed by atoms with Crippen molar-refractivity contribution in [2.75, 3.05) is 5.32 Å². The molecule has 0 aliphatic carbocycles. The Labute approximate surface area is 100 Å². The Balaban J connectivity index is 2.20. The van der Waals surface area contributed by atoms with Gasteiger partial charge in [0.05, 0.1) is 17.1 Å². The normalized spacial score (nSPS) is 12.5. The Morgan fingerprint density at radius 1 is 1.35 bits per heavy atom. The summed E-state index contributed by atoms with van der Waals surface area (Å²) in [5, 5.41) is 10.4. The molecule has 0 radical (unpaired) electrons. The highest BCUT2D eigenvalue weighted by molar-refractivity contribution is 5.52. The van der Waals surface area contributed by atoms with E-state index in [2.05, 4.69) is 15.5 Å². The lowest BCUT2D eigenvalue weighted by Gasteiger charge is -2.15. The summed E-state index contributed by atoms with van der Waals surface area (Å²) in [6, 6.07) is 6.66. The molecule has 4 heteroatoms. The van der Waals surface area contributed by atoms with Gasteiger partial charge in [0.1, 0.15) is 5.82 Å². The highest BCUT2D eigenvalue weighted by atomic mass is 19.1. The van der Waals surface area contributed by atoms with E-state index in [-0.39, 0.29) is 11.9 Å². The van der Waals surface area contributed by atoms with Gasteiger partial charge in [0.15, 0.2) is 0 Å². The molecule has 3 nitrogen and oxygen atoms in total. The van der Waals surface area contributed by atoms with E-state index in [0.717, 1.165) is 22.6 Å². The number of aromatic amines is 1. The zero-order valence-electron chi connectivity index (χ0n) is 10.2. The Morgan fingerprint density at radius 2 is 2.12 bits per heavy atom. The molecule has 0 spiro atoms. The first kappa shape index (κ1) is 11.6. The molecule has 1 atom stereocenters. The smallest absolute Gasteiger partial charge is 0.123 e. The Bertz CT molecular complexity index is 500. The first-order chi connectivity index (χ1) is 8.08. The number of halogens is 1. The van der Waals surface area contributed by atoms with Crippen molar-refractivity contribution in [2.45, 2.75) is 26.8 Å². The van der Waals surface area contributed by atoms with Gasteiger partial charge in [0, 0.05) is 6.04 Å². The standard InChI is InChI=1S/C13H16FN3/c1-8(11-5-4-6-12(14)7-11)15-13-9(2)16-17-10(13)3/h4-8,15H,1-3H3,(H,16,17). The topological polar surface area (TPSA) is 40.7 Å². The maximum Gasteiger partial charge on any atom is 0.123 e. The maximum absolute atomic E-state index is 13.1. The van der Waals surface area contributed by atoms with Gasteiger partial charge in [-0.15, -0.1) is 0 Å². The number of H-pyrrole nitrogens is 1. The number of nitrogens with zero attached hydrogens (tertiary/aromatic N) is 1. The fourth-order valence-electron chi connectivity index (χ4n) is 1.84. The minimum absolute atomic E-state index is 0.0423. The minimum Gasteiger partial charge on any atom is -0.376 e. The molecule has 1 heterocycles. The molecule has 90 valence electrons. The largest absolute Gasteiger partial charge is 0.376 e. The van der Waals surface area contributed by atoms with Crippen LogP contribution in [0, 0.1) is 19.7 Å². The Kier molecular flexibility index (Phi) is 3.13. The molecule has 2 rings (SSSR count). The van der Waals surface area contributed by atoms with Crippen LogP contribution in [0.3, 0.4) is 0 Å². The number of aromatic nitrogens is 2. The SMILES string of the molecule is Cc1n[nH]c(C)c1NC(C)c1cccc(F)c1. The lowest BCUT2D eigenvalue weighted by atomic mass is 10.1. The van der Waals surface area contributed by atoms with Gasteiger partial charge in [0.25, 0.3) is 0 Å². The molecule has 2 N–H and O–H groups in total. The van der Waals surface area contributed by atoms with Gasteiger partial charge in [-0.05, 0) is 38.5 Å². The zero-order chi connectivity index (χ0) is 12.4. The summed E-state index contributed by atoms with van der Waals surface area (Å²) in [5.41, 5.74) is 3.82. The van der Waals surface area contributed by atoms with Gasteiger partial charge >= 0.3 is 0 Å². The van der Waals surface area contributed by atoms with E-state index in [1.165, 1.54) is 6.07 Å². The lowest BCUT2D eigenvalue weighted by molar-refractivity contribution is 0.623.